The van der Waals surface area contributed by atoms with Gasteiger partial charge in [0, 0.05) is 12.8 Å². The molecule has 4 nitrogen and oxygen atoms in total. The number of rotatable bonds is 3. The Morgan fingerprint density at radius 1 is 1.36 bits per heavy atom. The summed E-state index contributed by atoms with van der Waals surface area (Å²) >= 11 is 0. The first kappa shape index (κ1) is 11.2. The van der Waals surface area contributed by atoms with Crippen LogP contribution in [0.15, 0.2) is 0 Å². The first-order chi connectivity index (χ1) is 6.52. The third-order valence-electron chi connectivity index (χ3n) is 2.30. The summed E-state index contributed by atoms with van der Waals surface area (Å²) in [4.78, 5) is 21.9. The van der Waals surface area contributed by atoms with E-state index in [4.69, 9.17) is 9.47 Å². The third-order valence-corrected chi connectivity index (χ3v) is 2.30. The van der Waals surface area contributed by atoms with Gasteiger partial charge in [0.05, 0.1) is 13.2 Å². The van der Waals surface area contributed by atoms with Crippen LogP contribution in [-0.2, 0) is 19.1 Å². The zero-order chi connectivity index (χ0) is 10.6. The molecule has 1 heterocycles. The van der Waals surface area contributed by atoms with Crippen molar-refractivity contribution in [2.45, 2.75) is 38.7 Å². The largest absolute Gasteiger partial charge is 0.459 e. The normalized spacial score (nSPS) is 20.1. The van der Waals surface area contributed by atoms with Crippen molar-refractivity contribution in [1.82, 2.24) is 0 Å². The molecule has 1 fully saturated rings. The molecule has 4 heteroatoms. The topological polar surface area (TPSA) is 52.6 Å². The first-order valence-electron chi connectivity index (χ1n) is 4.81. The number of Topliss-reactive ketones (excluding diaryl/α,β-unsaturated/α-hetero) is 1. The second kappa shape index (κ2) is 4.55. The minimum atomic E-state index is -0.440. The SMILES string of the molecule is CC(=O)CC(=O)OC1(C)CCOCC1. The van der Waals surface area contributed by atoms with E-state index in [2.05, 4.69) is 0 Å². The number of ketones is 1. The Bertz CT molecular complexity index is 228. The summed E-state index contributed by atoms with van der Waals surface area (Å²) in [7, 11) is 0. The van der Waals surface area contributed by atoms with Crippen LogP contribution in [0.5, 0.6) is 0 Å². The Labute approximate surface area is 83.6 Å². The van der Waals surface area contributed by atoms with E-state index in [1.54, 1.807) is 0 Å². The lowest BCUT2D eigenvalue weighted by atomic mass is 9.97. The van der Waals surface area contributed by atoms with E-state index < -0.39 is 11.6 Å². The van der Waals surface area contributed by atoms with Gasteiger partial charge in [-0.1, -0.05) is 0 Å². The predicted octanol–water partition coefficient (Wildman–Crippen LogP) is 1.08. The van der Waals surface area contributed by atoms with Gasteiger partial charge >= 0.3 is 5.97 Å². The molecule has 0 aromatic carbocycles. The van der Waals surface area contributed by atoms with Crippen LogP contribution in [0.2, 0.25) is 0 Å². The second-order valence-electron chi connectivity index (χ2n) is 3.92. The molecule has 1 aliphatic heterocycles. The Morgan fingerprint density at radius 2 is 1.93 bits per heavy atom. The van der Waals surface area contributed by atoms with Gasteiger partial charge in [-0.3, -0.25) is 9.59 Å². The molecule has 14 heavy (non-hydrogen) atoms. The van der Waals surface area contributed by atoms with Crippen molar-refractivity contribution in [2.75, 3.05) is 13.2 Å². The van der Waals surface area contributed by atoms with Crippen LogP contribution in [0.3, 0.4) is 0 Å². The molecule has 0 aromatic heterocycles. The molecule has 0 radical (unpaired) electrons. The van der Waals surface area contributed by atoms with Crippen LogP contribution in [0.25, 0.3) is 0 Å². The molecule has 0 N–H and O–H groups in total. The molecule has 1 rings (SSSR count). The minimum Gasteiger partial charge on any atom is -0.459 e. The average Bonchev–Trinajstić information content (AvgIpc) is 2.02. The summed E-state index contributed by atoms with van der Waals surface area (Å²) < 4.78 is 10.4. The van der Waals surface area contributed by atoms with E-state index >= 15 is 0 Å². The van der Waals surface area contributed by atoms with Crippen molar-refractivity contribution in [3.8, 4) is 0 Å². The third kappa shape index (κ3) is 3.46. The van der Waals surface area contributed by atoms with Gasteiger partial charge in [-0.25, -0.2) is 0 Å². The smallest absolute Gasteiger partial charge is 0.313 e. The van der Waals surface area contributed by atoms with E-state index in [0.717, 1.165) is 0 Å². The summed E-state index contributed by atoms with van der Waals surface area (Å²) in [5.41, 5.74) is -0.440. The molecule has 0 amide bonds. The van der Waals surface area contributed by atoms with Crippen LogP contribution < -0.4 is 0 Å². The zero-order valence-corrected chi connectivity index (χ0v) is 8.67. The monoisotopic (exact) mass is 200 g/mol. The quantitative estimate of drug-likeness (QED) is 0.505. The molecule has 1 aliphatic rings. The number of esters is 1. The van der Waals surface area contributed by atoms with Crippen molar-refractivity contribution in [1.29, 1.82) is 0 Å². The Balaban J connectivity index is 2.41. The highest BCUT2D eigenvalue weighted by Gasteiger charge is 2.31. The molecule has 0 aliphatic carbocycles. The maximum absolute atomic E-state index is 11.2. The molecule has 1 saturated heterocycles. The highest BCUT2D eigenvalue weighted by molar-refractivity contribution is 5.94. The molecular weight excluding hydrogens is 184 g/mol. The molecule has 0 bridgehead atoms. The van der Waals surface area contributed by atoms with Crippen LogP contribution >= 0.6 is 0 Å². The highest BCUT2D eigenvalue weighted by Crippen LogP contribution is 2.24. The molecule has 0 aromatic rings. The Hall–Kier alpha value is -0.900. The van der Waals surface area contributed by atoms with Gasteiger partial charge in [0.2, 0.25) is 0 Å². The van der Waals surface area contributed by atoms with Crippen molar-refractivity contribution in [3.05, 3.63) is 0 Å². The maximum atomic E-state index is 11.2. The Morgan fingerprint density at radius 3 is 2.43 bits per heavy atom. The van der Waals surface area contributed by atoms with E-state index in [1.165, 1.54) is 6.92 Å². The predicted molar refractivity (Wildman–Crippen MR) is 49.8 cm³/mol. The summed E-state index contributed by atoms with van der Waals surface area (Å²) in [6, 6.07) is 0. The highest BCUT2D eigenvalue weighted by atomic mass is 16.6. The van der Waals surface area contributed by atoms with Crippen LogP contribution in [0, 0.1) is 0 Å². The van der Waals surface area contributed by atoms with Gasteiger partial charge in [0.1, 0.15) is 17.8 Å². The number of hydrogen-bond acceptors (Lipinski definition) is 4. The first-order valence-corrected chi connectivity index (χ1v) is 4.81. The lowest BCUT2D eigenvalue weighted by molar-refractivity contribution is -0.167. The van der Waals surface area contributed by atoms with Crippen LogP contribution in [0.4, 0.5) is 0 Å². The average molecular weight is 200 g/mol. The van der Waals surface area contributed by atoms with Crippen molar-refractivity contribution in [2.24, 2.45) is 0 Å². The van der Waals surface area contributed by atoms with E-state index in [9.17, 15) is 9.59 Å². The van der Waals surface area contributed by atoms with Gasteiger partial charge in [-0.05, 0) is 13.8 Å². The molecule has 0 spiro atoms. The Kier molecular flexibility index (Phi) is 3.63. The lowest BCUT2D eigenvalue weighted by Gasteiger charge is -2.32. The van der Waals surface area contributed by atoms with Gasteiger partial charge in [0.25, 0.3) is 0 Å². The summed E-state index contributed by atoms with van der Waals surface area (Å²) in [6.07, 6.45) is 1.28. The van der Waals surface area contributed by atoms with Crippen molar-refractivity contribution >= 4 is 11.8 Å². The fraction of sp³-hybridized carbons (Fsp3) is 0.800. The standard InChI is InChI=1S/C10H16O4/c1-8(11)7-9(12)14-10(2)3-5-13-6-4-10/h3-7H2,1-2H3. The van der Waals surface area contributed by atoms with Crippen LogP contribution in [-0.4, -0.2) is 30.6 Å². The summed E-state index contributed by atoms with van der Waals surface area (Å²) in [6.45, 7) is 4.49. The van der Waals surface area contributed by atoms with Gasteiger partial charge in [-0.2, -0.15) is 0 Å². The fourth-order valence-corrected chi connectivity index (χ4v) is 1.42. The van der Waals surface area contributed by atoms with E-state index in [1.807, 2.05) is 6.92 Å². The van der Waals surface area contributed by atoms with Crippen molar-refractivity contribution < 1.29 is 19.1 Å². The molecule has 0 saturated carbocycles. The summed E-state index contributed by atoms with van der Waals surface area (Å²) in [5.74, 6) is -0.590. The molecule has 0 atom stereocenters. The summed E-state index contributed by atoms with van der Waals surface area (Å²) in [5, 5.41) is 0. The number of hydrogen-bond donors (Lipinski definition) is 0. The maximum Gasteiger partial charge on any atom is 0.313 e. The van der Waals surface area contributed by atoms with Gasteiger partial charge < -0.3 is 9.47 Å². The molecule has 0 unspecified atom stereocenters. The van der Waals surface area contributed by atoms with Gasteiger partial charge in [0.15, 0.2) is 0 Å². The van der Waals surface area contributed by atoms with Crippen LogP contribution in [0.1, 0.15) is 33.1 Å². The number of carbonyl (C=O) groups excluding carboxylic acids is 2. The molecular formula is C10H16O4. The number of ether oxygens (including phenoxy) is 2. The number of carbonyl (C=O) groups is 2. The zero-order valence-electron chi connectivity index (χ0n) is 8.67. The van der Waals surface area contributed by atoms with E-state index in [0.29, 0.717) is 26.1 Å². The lowest BCUT2D eigenvalue weighted by Crippen LogP contribution is -2.38. The second-order valence-corrected chi connectivity index (χ2v) is 3.92. The van der Waals surface area contributed by atoms with Crippen molar-refractivity contribution in [3.63, 3.8) is 0 Å². The fourth-order valence-electron chi connectivity index (χ4n) is 1.42. The molecule has 80 valence electrons. The minimum absolute atomic E-state index is 0.129. The van der Waals surface area contributed by atoms with E-state index in [-0.39, 0.29) is 12.2 Å². The van der Waals surface area contributed by atoms with Gasteiger partial charge in [-0.15, -0.1) is 0 Å².